The van der Waals surface area contributed by atoms with Gasteiger partial charge in [-0.1, -0.05) is 17.7 Å². The number of anilines is 1. The fourth-order valence-corrected chi connectivity index (χ4v) is 2.12. The van der Waals surface area contributed by atoms with Gasteiger partial charge in [-0.15, -0.1) is 0 Å². The summed E-state index contributed by atoms with van der Waals surface area (Å²) in [6.45, 7) is 1.21. The highest BCUT2D eigenvalue weighted by Crippen LogP contribution is 2.36. The smallest absolute Gasteiger partial charge is 0.417 e. The van der Waals surface area contributed by atoms with Crippen LogP contribution in [0.3, 0.4) is 0 Å². The lowest BCUT2D eigenvalue weighted by Crippen LogP contribution is -2.14. The second kappa shape index (κ2) is 6.92. The predicted octanol–water partition coefficient (Wildman–Crippen LogP) is 4.54. The lowest BCUT2D eigenvalue weighted by molar-refractivity contribution is -0.137. The van der Waals surface area contributed by atoms with E-state index >= 15 is 0 Å². The number of carbonyl (C=O) groups is 2. The Labute approximate surface area is 140 Å². The second-order valence-electron chi connectivity index (χ2n) is 4.77. The van der Waals surface area contributed by atoms with Gasteiger partial charge < -0.3 is 10.1 Å². The zero-order chi connectivity index (χ0) is 17.9. The molecule has 24 heavy (non-hydrogen) atoms. The minimum atomic E-state index is -4.63. The van der Waals surface area contributed by atoms with Crippen LogP contribution in [0.15, 0.2) is 42.5 Å². The summed E-state index contributed by atoms with van der Waals surface area (Å²) in [4.78, 5) is 23.0. The van der Waals surface area contributed by atoms with Gasteiger partial charge in [-0.05, 0) is 36.4 Å². The van der Waals surface area contributed by atoms with Gasteiger partial charge in [0.05, 0.1) is 10.6 Å². The van der Waals surface area contributed by atoms with Gasteiger partial charge in [0.2, 0.25) is 0 Å². The van der Waals surface area contributed by atoms with Crippen molar-refractivity contribution in [1.29, 1.82) is 0 Å². The fourth-order valence-electron chi connectivity index (χ4n) is 1.89. The zero-order valence-electron chi connectivity index (χ0n) is 12.3. The van der Waals surface area contributed by atoms with Crippen LogP contribution in [-0.2, 0) is 11.0 Å². The van der Waals surface area contributed by atoms with Crippen LogP contribution in [0.25, 0.3) is 0 Å². The summed E-state index contributed by atoms with van der Waals surface area (Å²) >= 11 is 5.52. The van der Waals surface area contributed by atoms with Crippen LogP contribution in [0.1, 0.15) is 22.8 Å². The molecule has 0 saturated carbocycles. The van der Waals surface area contributed by atoms with E-state index in [4.69, 9.17) is 16.3 Å². The Morgan fingerprint density at radius 3 is 2.46 bits per heavy atom. The van der Waals surface area contributed by atoms with Crippen molar-refractivity contribution in [3.63, 3.8) is 0 Å². The molecule has 0 fully saturated rings. The van der Waals surface area contributed by atoms with E-state index in [9.17, 15) is 22.8 Å². The first-order valence-electron chi connectivity index (χ1n) is 6.63. The maximum atomic E-state index is 12.8. The molecule has 4 nitrogen and oxygen atoms in total. The molecule has 1 amide bonds. The van der Waals surface area contributed by atoms with E-state index in [1.807, 2.05) is 0 Å². The van der Waals surface area contributed by atoms with Gasteiger partial charge in [0.15, 0.2) is 0 Å². The SMILES string of the molecule is CC(=O)Oc1cccc(C(=O)Nc2ccc(Cl)c(C(F)(F)F)c2)c1. The molecule has 126 valence electrons. The van der Waals surface area contributed by atoms with Crippen LogP contribution in [0.4, 0.5) is 18.9 Å². The van der Waals surface area contributed by atoms with Crippen LogP contribution in [0, 0.1) is 0 Å². The van der Waals surface area contributed by atoms with E-state index < -0.39 is 28.6 Å². The lowest BCUT2D eigenvalue weighted by atomic mass is 10.1. The molecule has 2 rings (SSSR count). The van der Waals surface area contributed by atoms with E-state index in [0.29, 0.717) is 0 Å². The predicted molar refractivity (Wildman–Crippen MR) is 82.2 cm³/mol. The molecule has 0 spiro atoms. The molecular weight excluding hydrogens is 347 g/mol. The Bertz CT molecular complexity index is 790. The molecule has 0 aromatic heterocycles. The molecule has 8 heteroatoms. The normalized spacial score (nSPS) is 11.0. The third-order valence-corrected chi connectivity index (χ3v) is 3.22. The van der Waals surface area contributed by atoms with Crippen LogP contribution in [0.5, 0.6) is 5.75 Å². The number of alkyl halides is 3. The van der Waals surface area contributed by atoms with E-state index in [1.54, 1.807) is 0 Å². The van der Waals surface area contributed by atoms with Crippen molar-refractivity contribution in [2.75, 3.05) is 5.32 Å². The van der Waals surface area contributed by atoms with Gasteiger partial charge in [-0.25, -0.2) is 0 Å². The van der Waals surface area contributed by atoms with E-state index in [-0.39, 0.29) is 17.0 Å². The molecule has 0 unspecified atom stereocenters. The summed E-state index contributed by atoms with van der Waals surface area (Å²) in [5.41, 5.74) is -0.984. The Morgan fingerprint density at radius 1 is 1.12 bits per heavy atom. The quantitative estimate of drug-likeness (QED) is 0.648. The number of esters is 1. The van der Waals surface area contributed by atoms with Crippen molar-refractivity contribution in [2.24, 2.45) is 0 Å². The number of carbonyl (C=O) groups excluding carboxylic acids is 2. The molecule has 2 aromatic rings. The molecule has 0 aliphatic rings. The summed E-state index contributed by atoms with van der Waals surface area (Å²) < 4.78 is 43.3. The molecule has 0 atom stereocenters. The Balaban J connectivity index is 2.23. The first-order valence-corrected chi connectivity index (χ1v) is 7.01. The zero-order valence-corrected chi connectivity index (χ0v) is 13.0. The summed E-state index contributed by atoms with van der Waals surface area (Å²) in [5, 5.41) is 1.88. The fraction of sp³-hybridized carbons (Fsp3) is 0.125. The highest BCUT2D eigenvalue weighted by Gasteiger charge is 2.33. The molecule has 0 aliphatic carbocycles. The van der Waals surface area contributed by atoms with Crippen molar-refractivity contribution >= 4 is 29.2 Å². The maximum Gasteiger partial charge on any atom is 0.417 e. The minimum absolute atomic E-state index is 0.0605. The standard InChI is InChI=1S/C16H11ClF3NO3/c1-9(22)24-12-4-2-3-10(7-12)15(23)21-11-5-6-14(17)13(8-11)16(18,19)20/h2-8H,1H3,(H,21,23). The number of hydrogen-bond donors (Lipinski definition) is 1. The third kappa shape index (κ3) is 4.48. The molecule has 1 N–H and O–H groups in total. The summed E-state index contributed by atoms with van der Waals surface area (Å²) in [6.07, 6.45) is -4.63. The van der Waals surface area contributed by atoms with Crippen molar-refractivity contribution in [1.82, 2.24) is 0 Å². The average Bonchev–Trinajstić information content (AvgIpc) is 2.47. The first kappa shape index (κ1) is 17.8. The number of amides is 1. The topological polar surface area (TPSA) is 55.4 Å². The number of halogens is 4. The Morgan fingerprint density at radius 2 is 1.83 bits per heavy atom. The van der Waals surface area contributed by atoms with Gasteiger partial charge in [0.1, 0.15) is 5.75 Å². The average molecular weight is 358 g/mol. The largest absolute Gasteiger partial charge is 0.427 e. The van der Waals surface area contributed by atoms with Gasteiger partial charge in [-0.2, -0.15) is 13.2 Å². The molecule has 0 radical (unpaired) electrons. The van der Waals surface area contributed by atoms with E-state index in [2.05, 4.69) is 5.32 Å². The van der Waals surface area contributed by atoms with Gasteiger partial charge in [0.25, 0.3) is 5.91 Å². The molecule has 2 aromatic carbocycles. The summed E-state index contributed by atoms with van der Waals surface area (Å²) in [5.74, 6) is -1.05. The molecular formula is C16H11ClF3NO3. The van der Waals surface area contributed by atoms with Crippen LogP contribution in [-0.4, -0.2) is 11.9 Å². The van der Waals surface area contributed by atoms with Gasteiger partial charge in [0, 0.05) is 18.2 Å². The number of hydrogen-bond acceptors (Lipinski definition) is 3. The van der Waals surface area contributed by atoms with E-state index in [1.165, 1.54) is 37.3 Å². The van der Waals surface area contributed by atoms with Gasteiger partial charge in [-0.3, -0.25) is 9.59 Å². The molecule has 0 heterocycles. The van der Waals surface area contributed by atoms with Crippen LogP contribution >= 0.6 is 11.6 Å². The van der Waals surface area contributed by atoms with Gasteiger partial charge >= 0.3 is 12.1 Å². The number of nitrogens with one attached hydrogen (secondary N) is 1. The van der Waals surface area contributed by atoms with Crippen LogP contribution < -0.4 is 10.1 Å². The van der Waals surface area contributed by atoms with Crippen LogP contribution in [0.2, 0.25) is 5.02 Å². The maximum absolute atomic E-state index is 12.8. The number of rotatable bonds is 3. The molecule has 0 aliphatic heterocycles. The minimum Gasteiger partial charge on any atom is -0.427 e. The van der Waals surface area contributed by atoms with Crippen molar-refractivity contribution in [3.05, 3.63) is 58.6 Å². The second-order valence-corrected chi connectivity index (χ2v) is 5.18. The van der Waals surface area contributed by atoms with E-state index in [0.717, 1.165) is 12.1 Å². The highest BCUT2D eigenvalue weighted by molar-refractivity contribution is 6.31. The Hall–Kier alpha value is -2.54. The summed E-state index contributed by atoms with van der Waals surface area (Å²) in [6, 6.07) is 8.75. The molecule has 0 bridgehead atoms. The van der Waals surface area contributed by atoms with Crippen molar-refractivity contribution < 1.29 is 27.5 Å². The third-order valence-electron chi connectivity index (χ3n) is 2.89. The van der Waals surface area contributed by atoms with Crippen molar-refractivity contribution in [2.45, 2.75) is 13.1 Å². The molecule has 0 saturated heterocycles. The van der Waals surface area contributed by atoms with Crippen molar-refractivity contribution in [3.8, 4) is 5.75 Å². The summed E-state index contributed by atoms with van der Waals surface area (Å²) in [7, 11) is 0. The number of benzene rings is 2. The monoisotopic (exact) mass is 357 g/mol. The highest BCUT2D eigenvalue weighted by atomic mass is 35.5. The first-order chi connectivity index (χ1) is 11.2. The lowest BCUT2D eigenvalue weighted by Gasteiger charge is -2.12. The Kier molecular flexibility index (Phi) is 5.14. The number of ether oxygens (including phenoxy) is 1.